The molecule has 0 aliphatic heterocycles. The van der Waals surface area contributed by atoms with Crippen molar-refractivity contribution in [2.75, 3.05) is 0 Å². The van der Waals surface area contributed by atoms with E-state index in [1.54, 1.807) is 0 Å². The summed E-state index contributed by atoms with van der Waals surface area (Å²) < 4.78 is 0. The first-order chi connectivity index (χ1) is 9.90. The third kappa shape index (κ3) is 1.84. The summed E-state index contributed by atoms with van der Waals surface area (Å²) in [6.45, 7) is 0. The molecule has 1 nitrogen and oxygen atoms in total. The van der Waals surface area contributed by atoms with Gasteiger partial charge in [0.25, 0.3) is 0 Å². The summed E-state index contributed by atoms with van der Waals surface area (Å²) in [6, 6.07) is 28.0. The zero-order valence-electron chi connectivity index (χ0n) is 10.9. The minimum atomic E-state index is 1.03. The van der Waals surface area contributed by atoms with E-state index in [4.69, 9.17) is 4.98 Å². The van der Waals surface area contributed by atoms with Gasteiger partial charge in [-0.25, -0.2) is 4.98 Å². The number of rotatable bonds is 1. The predicted octanol–water partition coefficient (Wildman–Crippen LogP) is 4.86. The molecule has 93 valence electrons. The number of aromatic nitrogens is 1. The normalized spacial score (nSPS) is 11.0. The number of para-hydroxylation sites is 1. The van der Waals surface area contributed by atoms with Crippen LogP contribution in [-0.2, 0) is 0 Å². The lowest BCUT2D eigenvalue weighted by Gasteiger charge is -2.05. The van der Waals surface area contributed by atoms with Gasteiger partial charge in [-0.3, -0.25) is 0 Å². The van der Waals surface area contributed by atoms with E-state index in [0.29, 0.717) is 0 Å². The summed E-state index contributed by atoms with van der Waals surface area (Å²) in [5.41, 5.74) is 4.46. The monoisotopic (exact) mass is 254 g/mol. The van der Waals surface area contributed by atoms with Crippen LogP contribution in [0.1, 0.15) is 0 Å². The summed E-state index contributed by atoms with van der Waals surface area (Å²) in [6.07, 6.45) is 0. The summed E-state index contributed by atoms with van der Waals surface area (Å²) in [4.78, 5) is 4.70. The van der Waals surface area contributed by atoms with Crippen LogP contribution in [0.15, 0.2) is 72.8 Å². The Morgan fingerprint density at radius 3 is 2.50 bits per heavy atom. The molecule has 0 spiro atoms. The first-order valence-corrected chi connectivity index (χ1v) is 6.66. The molecule has 0 bridgehead atoms. The second-order valence-corrected chi connectivity index (χ2v) is 4.88. The second-order valence-electron chi connectivity index (χ2n) is 4.88. The van der Waals surface area contributed by atoms with Crippen molar-refractivity contribution in [1.82, 2.24) is 4.98 Å². The average molecular weight is 254 g/mol. The minimum Gasteiger partial charge on any atom is -0.248 e. The third-order valence-electron chi connectivity index (χ3n) is 3.56. The maximum atomic E-state index is 4.70. The van der Waals surface area contributed by atoms with Gasteiger partial charge in [-0.05, 0) is 47.5 Å². The molecule has 4 aromatic rings. The Morgan fingerprint density at radius 2 is 1.60 bits per heavy atom. The Balaban J connectivity index is 1.97. The fourth-order valence-corrected chi connectivity index (χ4v) is 2.53. The standard InChI is InChI=1S/C19H12N/c1-2-6-14(7-3-1)15-10-11-19-17(12-15)13-16-8-4-5-9-18(16)20-19/h1-2,4-13H. The first-order valence-electron chi connectivity index (χ1n) is 6.66. The van der Waals surface area contributed by atoms with Crippen molar-refractivity contribution in [2.24, 2.45) is 0 Å². The minimum absolute atomic E-state index is 1.03. The van der Waals surface area contributed by atoms with Gasteiger partial charge in [-0.15, -0.1) is 0 Å². The Hall–Kier alpha value is -2.67. The molecular weight excluding hydrogens is 242 g/mol. The molecule has 3 aromatic carbocycles. The molecule has 1 aromatic heterocycles. The number of hydrogen-bond donors (Lipinski definition) is 0. The molecule has 4 rings (SSSR count). The maximum absolute atomic E-state index is 4.70. The van der Waals surface area contributed by atoms with Gasteiger partial charge < -0.3 is 0 Å². The SMILES string of the molecule is [c]1cccc(-c2ccc3nc4ccccc4cc3c2)c1. The van der Waals surface area contributed by atoms with Crippen LogP contribution in [0, 0.1) is 6.07 Å². The molecule has 0 N–H and O–H groups in total. The lowest BCUT2D eigenvalue weighted by atomic mass is 10.0. The topological polar surface area (TPSA) is 12.9 Å². The van der Waals surface area contributed by atoms with Gasteiger partial charge in [0.1, 0.15) is 0 Å². The smallest absolute Gasteiger partial charge is 0.0710 e. The zero-order chi connectivity index (χ0) is 13.4. The van der Waals surface area contributed by atoms with Gasteiger partial charge in [-0.2, -0.15) is 0 Å². The number of fused-ring (bicyclic) bond motifs is 2. The third-order valence-corrected chi connectivity index (χ3v) is 3.56. The lowest BCUT2D eigenvalue weighted by Crippen LogP contribution is -1.84. The van der Waals surface area contributed by atoms with Crippen molar-refractivity contribution in [3.63, 3.8) is 0 Å². The Morgan fingerprint density at radius 1 is 0.700 bits per heavy atom. The van der Waals surface area contributed by atoms with E-state index in [9.17, 15) is 0 Å². The van der Waals surface area contributed by atoms with Crippen LogP contribution in [0.5, 0.6) is 0 Å². The molecule has 0 fully saturated rings. The van der Waals surface area contributed by atoms with Gasteiger partial charge in [0.2, 0.25) is 0 Å². The molecule has 0 saturated carbocycles. The van der Waals surface area contributed by atoms with Crippen molar-refractivity contribution >= 4 is 21.8 Å². The molecule has 1 radical (unpaired) electrons. The van der Waals surface area contributed by atoms with Gasteiger partial charge >= 0.3 is 0 Å². The van der Waals surface area contributed by atoms with Crippen LogP contribution in [0.3, 0.4) is 0 Å². The van der Waals surface area contributed by atoms with E-state index in [-0.39, 0.29) is 0 Å². The molecule has 1 heterocycles. The molecule has 0 amide bonds. The molecule has 0 aliphatic rings. The lowest BCUT2D eigenvalue weighted by molar-refractivity contribution is 1.49. The average Bonchev–Trinajstić information content (AvgIpc) is 2.53. The number of hydrogen-bond acceptors (Lipinski definition) is 1. The highest BCUT2D eigenvalue weighted by atomic mass is 14.7. The highest BCUT2D eigenvalue weighted by Gasteiger charge is 2.02. The molecular formula is C19H12N. The van der Waals surface area contributed by atoms with Crippen LogP contribution in [0.25, 0.3) is 32.9 Å². The summed E-state index contributed by atoms with van der Waals surface area (Å²) >= 11 is 0. The summed E-state index contributed by atoms with van der Waals surface area (Å²) in [7, 11) is 0. The molecule has 1 heteroatoms. The highest BCUT2D eigenvalue weighted by Crippen LogP contribution is 2.25. The largest absolute Gasteiger partial charge is 0.248 e. The zero-order valence-corrected chi connectivity index (χ0v) is 10.9. The van der Waals surface area contributed by atoms with Crippen molar-refractivity contribution in [1.29, 1.82) is 0 Å². The van der Waals surface area contributed by atoms with E-state index in [1.807, 2.05) is 30.3 Å². The van der Waals surface area contributed by atoms with E-state index >= 15 is 0 Å². The van der Waals surface area contributed by atoms with E-state index in [1.165, 1.54) is 21.9 Å². The van der Waals surface area contributed by atoms with Crippen LogP contribution in [-0.4, -0.2) is 4.98 Å². The van der Waals surface area contributed by atoms with Gasteiger partial charge in [0.05, 0.1) is 11.0 Å². The molecule has 0 unspecified atom stereocenters. The van der Waals surface area contributed by atoms with Crippen LogP contribution < -0.4 is 0 Å². The molecule has 0 atom stereocenters. The summed E-state index contributed by atoms with van der Waals surface area (Å²) in [5.74, 6) is 0. The van der Waals surface area contributed by atoms with Crippen LogP contribution >= 0.6 is 0 Å². The fourth-order valence-electron chi connectivity index (χ4n) is 2.53. The van der Waals surface area contributed by atoms with E-state index in [0.717, 1.165) is 11.0 Å². The number of nitrogens with zero attached hydrogens (tertiary/aromatic N) is 1. The quantitative estimate of drug-likeness (QED) is 0.442. The van der Waals surface area contributed by atoms with Crippen LogP contribution in [0.4, 0.5) is 0 Å². The van der Waals surface area contributed by atoms with Gasteiger partial charge in [-0.1, -0.05) is 42.5 Å². The van der Waals surface area contributed by atoms with E-state index in [2.05, 4.69) is 48.5 Å². The number of benzene rings is 3. The molecule has 20 heavy (non-hydrogen) atoms. The summed E-state index contributed by atoms with van der Waals surface area (Å²) in [5, 5.41) is 2.35. The number of pyridine rings is 1. The Labute approximate surface area is 117 Å². The van der Waals surface area contributed by atoms with Gasteiger partial charge in [0.15, 0.2) is 0 Å². The maximum Gasteiger partial charge on any atom is 0.0710 e. The van der Waals surface area contributed by atoms with Gasteiger partial charge in [0, 0.05) is 10.8 Å². The predicted molar refractivity (Wildman–Crippen MR) is 83.5 cm³/mol. The van der Waals surface area contributed by atoms with Crippen LogP contribution in [0.2, 0.25) is 0 Å². The van der Waals surface area contributed by atoms with Crippen molar-refractivity contribution in [3.8, 4) is 11.1 Å². The highest BCUT2D eigenvalue weighted by molar-refractivity contribution is 5.94. The Kier molecular flexibility index (Phi) is 2.49. The first kappa shape index (κ1) is 11.2. The van der Waals surface area contributed by atoms with Crippen molar-refractivity contribution in [2.45, 2.75) is 0 Å². The fraction of sp³-hybridized carbons (Fsp3) is 0. The molecule has 0 saturated heterocycles. The van der Waals surface area contributed by atoms with E-state index < -0.39 is 0 Å². The van der Waals surface area contributed by atoms with Crippen molar-refractivity contribution < 1.29 is 0 Å². The second kappa shape index (κ2) is 4.46. The molecule has 0 aliphatic carbocycles. The van der Waals surface area contributed by atoms with Crippen molar-refractivity contribution in [3.05, 3.63) is 78.9 Å². The Bertz CT molecular complexity index is 895.